The van der Waals surface area contributed by atoms with Crippen LogP contribution in [0.2, 0.25) is 5.02 Å². The third kappa shape index (κ3) is 3.91. The molecule has 7 rings (SSSR count). The maximum absolute atomic E-state index is 14.9. The Balaban J connectivity index is 1.49. The van der Waals surface area contributed by atoms with Crippen LogP contribution in [-0.2, 0) is 10.2 Å². The number of nitriles is 1. The van der Waals surface area contributed by atoms with Gasteiger partial charge in [0.25, 0.3) is 0 Å². The maximum atomic E-state index is 14.9. The molecule has 43 heavy (non-hydrogen) atoms. The number of ether oxygens (including phenoxy) is 1. The van der Waals surface area contributed by atoms with Crippen molar-refractivity contribution in [2.75, 3.05) is 11.9 Å². The van der Waals surface area contributed by atoms with E-state index in [4.69, 9.17) is 21.6 Å². The molecule has 4 aromatic carbocycles. The molecule has 8 heteroatoms. The van der Waals surface area contributed by atoms with Crippen molar-refractivity contribution in [2.45, 2.75) is 17.5 Å². The standard InChI is InChI=1S/C35H24ClN3O4/c36-27-11-5-3-9-25(27)32(41)30-29(31(40)22-13-15-23(16-14-22)43-20-18-37)35(26-10-4-6-12-28(26)38-34(35)42)33-24-8-2-1-7-21(24)17-19-39(30)33/h1-17,19,29-30,33H,20H2,(H,38,42)/t29-,30+,33+,35+/m0/s1. The zero-order valence-corrected chi connectivity index (χ0v) is 23.5. The van der Waals surface area contributed by atoms with E-state index in [1.807, 2.05) is 71.8 Å². The fourth-order valence-electron chi connectivity index (χ4n) is 7.00. The number of fused-ring (bicyclic) bond motifs is 6. The number of carbonyl (C=O) groups excluding carboxylic acids is 3. The number of hydrogen-bond acceptors (Lipinski definition) is 6. The van der Waals surface area contributed by atoms with Crippen molar-refractivity contribution in [3.8, 4) is 11.8 Å². The summed E-state index contributed by atoms with van der Waals surface area (Å²) in [5, 5.41) is 12.2. The van der Waals surface area contributed by atoms with E-state index in [1.54, 1.807) is 48.5 Å². The molecule has 1 spiro atoms. The van der Waals surface area contributed by atoms with Gasteiger partial charge in [0, 0.05) is 23.0 Å². The fourth-order valence-corrected chi connectivity index (χ4v) is 7.23. The van der Waals surface area contributed by atoms with Crippen LogP contribution in [0.5, 0.6) is 5.75 Å². The summed E-state index contributed by atoms with van der Waals surface area (Å²) in [7, 11) is 0. The molecule has 7 nitrogen and oxygen atoms in total. The van der Waals surface area contributed by atoms with Gasteiger partial charge in [-0.15, -0.1) is 0 Å². The predicted octanol–water partition coefficient (Wildman–Crippen LogP) is 6.22. The van der Waals surface area contributed by atoms with Crippen LogP contribution in [0.1, 0.15) is 43.4 Å². The van der Waals surface area contributed by atoms with E-state index in [0.29, 0.717) is 22.6 Å². The van der Waals surface area contributed by atoms with Crippen LogP contribution < -0.4 is 10.1 Å². The van der Waals surface area contributed by atoms with Crippen LogP contribution in [0.25, 0.3) is 6.08 Å². The second-order valence-corrected chi connectivity index (χ2v) is 11.2. The Kier molecular flexibility index (Phi) is 6.37. The molecule has 1 fully saturated rings. The topological polar surface area (TPSA) is 99.5 Å². The SMILES string of the molecule is N#CCOc1ccc(C(=O)[C@@H]2[C@H](C(=O)c3ccccc3Cl)N3C=Cc4ccccc4[C@@H]3[C@]23C(=O)Nc2ccccc23)cc1. The van der Waals surface area contributed by atoms with Gasteiger partial charge < -0.3 is 15.0 Å². The second kappa shape index (κ2) is 10.3. The highest BCUT2D eigenvalue weighted by Gasteiger charge is 2.70. The van der Waals surface area contributed by atoms with Crippen molar-refractivity contribution in [1.29, 1.82) is 5.26 Å². The van der Waals surface area contributed by atoms with E-state index in [9.17, 15) is 14.4 Å². The molecule has 3 heterocycles. The van der Waals surface area contributed by atoms with E-state index in [1.165, 1.54) is 0 Å². The molecule has 210 valence electrons. The van der Waals surface area contributed by atoms with Crippen LogP contribution >= 0.6 is 11.6 Å². The molecular formula is C35H24ClN3O4. The number of anilines is 1. The molecule has 0 aromatic heterocycles. The lowest BCUT2D eigenvalue weighted by atomic mass is 9.62. The number of hydrogen-bond donors (Lipinski definition) is 1. The van der Waals surface area contributed by atoms with E-state index < -0.39 is 23.4 Å². The smallest absolute Gasteiger partial charge is 0.238 e. The molecule has 0 bridgehead atoms. The number of halogens is 1. The third-order valence-corrected chi connectivity index (χ3v) is 9.03. The maximum Gasteiger partial charge on any atom is 0.238 e. The molecule has 0 radical (unpaired) electrons. The summed E-state index contributed by atoms with van der Waals surface area (Å²) in [6.07, 6.45) is 3.74. The second-order valence-electron chi connectivity index (χ2n) is 10.8. The Bertz CT molecular complexity index is 1880. The van der Waals surface area contributed by atoms with Crippen molar-refractivity contribution in [3.05, 3.63) is 136 Å². The van der Waals surface area contributed by atoms with Crippen LogP contribution in [0, 0.1) is 17.2 Å². The largest absolute Gasteiger partial charge is 0.479 e. The zero-order valence-electron chi connectivity index (χ0n) is 22.7. The average Bonchev–Trinajstić information content (AvgIpc) is 3.52. The summed E-state index contributed by atoms with van der Waals surface area (Å²) in [5.74, 6) is -1.73. The van der Waals surface area contributed by atoms with Gasteiger partial charge in [-0.05, 0) is 65.2 Å². The number of Topliss-reactive ketones (excluding diaryl/α,β-unsaturated/α-hetero) is 2. The highest BCUT2D eigenvalue weighted by atomic mass is 35.5. The number of benzene rings is 4. The molecule has 3 aliphatic heterocycles. The fraction of sp³-hybridized carbons (Fsp3) is 0.143. The molecule has 1 N–H and O–H groups in total. The van der Waals surface area contributed by atoms with Gasteiger partial charge in [0.05, 0.1) is 17.0 Å². The van der Waals surface area contributed by atoms with Crippen molar-refractivity contribution >= 4 is 40.8 Å². The molecule has 0 saturated carbocycles. The van der Waals surface area contributed by atoms with Gasteiger partial charge in [-0.25, -0.2) is 0 Å². The van der Waals surface area contributed by atoms with Crippen molar-refractivity contribution < 1.29 is 19.1 Å². The Morgan fingerprint density at radius 2 is 1.65 bits per heavy atom. The van der Waals surface area contributed by atoms with E-state index in [2.05, 4.69) is 5.32 Å². The molecule has 4 aromatic rings. The Labute approximate surface area is 253 Å². The number of para-hydroxylation sites is 1. The zero-order chi connectivity index (χ0) is 29.7. The summed E-state index contributed by atoms with van der Waals surface area (Å²) in [4.78, 5) is 45.9. The lowest BCUT2D eigenvalue weighted by Gasteiger charge is -2.38. The Hall–Kier alpha value is -5.19. The molecule has 1 amide bonds. The number of amides is 1. The van der Waals surface area contributed by atoms with Gasteiger partial charge >= 0.3 is 0 Å². The summed E-state index contributed by atoms with van der Waals surface area (Å²) in [6.45, 7) is -0.132. The number of nitrogens with one attached hydrogen (secondary N) is 1. The first-order valence-electron chi connectivity index (χ1n) is 13.8. The quantitative estimate of drug-likeness (QED) is 0.270. The van der Waals surface area contributed by atoms with Crippen LogP contribution in [0.3, 0.4) is 0 Å². The number of ketones is 2. The summed E-state index contributed by atoms with van der Waals surface area (Å²) >= 11 is 6.56. The molecular weight excluding hydrogens is 562 g/mol. The van der Waals surface area contributed by atoms with Crippen LogP contribution in [0.15, 0.2) is 103 Å². The molecule has 0 unspecified atom stereocenters. The summed E-state index contributed by atoms with van der Waals surface area (Å²) < 4.78 is 5.40. The first-order valence-corrected chi connectivity index (χ1v) is 14.2. The first kappa shape index (κ1) is 26.7. The van der Waals surface area contributed by atoms with Gasteiger partial charge in [0.1, 0.15) is 23.3 Å². The number of carbonyl (C=O) groups is 3. The van der Waals surface area contributed by atoms with Crippen molar-refractivity contribution in [2.24, 2.45) is 5.92 Å². The number of rotatable bonds is 6. The van der Waals surface area contributed by atoms with Gasteiger partial charge in [-0.3, -0.25) is 14.4 Å². The normalized spacial score (nSPS) is 22.7. The minimum Gasteiger partial charge on any atom is -0.479 e. The Morgan fingerprint density at radius 3 is 2.44 bits per heavy atom. The minimum absolute atomic E-state index is 0.132. The van der Waals surface area contributed by atoms with Gasteiger partial charge in [-0.1, -0.05) is 66.2 Å². The highest BCUT2D eigenvalue weighted by Crippen LogP contribution is 2.62. The highest BCUT2D eigenvalue weighted by molar-refractivity contribution is 6.34. The van der Waals surface area contributed by atoms with Crippen molar-refractivity contribution in [1.82, 2.24) is 4.90 Å². The van der Waals surface area contributed by atoms with Crippen molar-refractivity contribution in [3.63, 3.8) is 0 Å². The molecule has 1 saturated heterocycles. The average molecular weight is 586 g/mol. The first-order chi connectivity index (χ1) is 21.0. The van der Waals surface area contributed by atoms with Crippen LogP contribution in [-0.4, -0.2) is 35.0 Å². The monoisotopic (exact) mass is 585 g/mol. The lowest BCUT2D eigenvalue weighted by molar-refractivity contribution is -0.122. The molecule has 0 aliphatic carbocycles. The molecule has 3 aliphatic rings. The molecule has 4 atom stereocenters. The summed E-state index contributed by atoms with van der Waals surface area (Å²) in [5.41, 5.74) is 2.21. The van der Waals surface area contributed by atoms with Crippen LogP contribution in [0.4, 0.5) is 5.69 Å². The number of nitrogens with zero attached hydrogens (tertiary/aromatic N) is 2. The van der Waals surface area contributed by atoms with E-state index in [-0.39, 0.29) is 34.7 Å². The van der Waals surface area contributed by atoms with E-state index >= 15 is 0 Å². The minimum atomic E-state index is -1.44. The van der Waals surface area contributed by atoms with E-state index in [0.717, 1.165) is 11.1 Å². The lowest BCUT2D eigenvalue weighted by Crippen LogP contribution is -2.49. The Morgan fingerprint density at radius 1 is 0.930 bits per heavy atom. The van der Waals surface area contributed by atoms with Gasteiger partial charge in [-0.2, -0.15) is 5.26 Å². The predicted molar refractivity (Wildman–Crippen MR) is 162 cm³/mol. The third-order valence-electron chi connectivity index (χ3n) is 8.70. The van der Waals surface area contributed by atoms with Gasteiger partial charge in [0.15, 0.2) is 18.2 Å². The van der Waals surface area contributed by atoms with Gasteiger partial charge in [0.2, 0.25) is 5.91 Å². The summed E-state index contributed by atoms with van der Waals surface area (Å²) in [6, 6.07) is 28.6.